The molecule has 0 aliphatic heterocycles. The zero-order valence-electron chi connectivity index (χ0n) is 17.1. The highest BCUT2D eigenvalue weighted by Crippen LogP contribution is 2.22. The Balaban J connectivity index is 1.69. The summed E-state index contributed by atoms with van der Waals surface area (Å²) in [5.74, 6) is -0.0274. The van der Waals surface area contributed by atoms with Crippen molar-refractivity contribution in [3.63, 3.8) is 0 Å². The molecule has 31 heavy (non-hydrogen) atoms. The van der Waals surface area contributed by atoms with Crippen molar-refractivity contribution >= 4 is 33.2 Å². The first-order chi connectivity index (χ1) is 14.8. The summed E-state index contributed by atoms with van der Waals surface area (Å²) >= 11 is 0. The maximum atomic E-state index is 12.6. The minimum atomic E-state index is -3.75. The van der Waals surface area contributed by atoms with Crippen LogP contribution < -0.4 is 15.4 Å². The summed E-state index contributed by atoms with van der Waals surface area (Å²) in [6.07, 6.45) is 1.81. The van der Waals surface area contributed by atoms with Crippen LogP contribution in [0.2, 0.25) is 0 Å². The molecule has 1 heterocycles. The fourth-order valence-corrected chi connectivity index (χ4v) is 3.72. The van der Waals surface area contributed by atoms with Gasteiger partial charge >= 0.3 is 0 Å². The number of anilines is 2. The summed E-state index contributed by atoms with van der Waals surface area (Å²) in [5, 5.41) is 5.54. The lowest BCUT2D eigenvalue weighted by Crippen LogP contribution is -2.23. The van der Waals surface area contributed by atoms with Crippen LogP contribution in [-0.2, 0) is 21.4 Å². The molecule has 2 aromatic carbocycles. The third-order valence-electron chi connectivity index (χ3n) is 4.53. The topological polar surface area (TPSA) is 118 Å². The Morgan fingerprint density at radius 1 is 1.00 bits per heavy atom. The molecule has 0 spiro atoms. The van der Waals surface area contributed by atoms with E-state index in [-0.39, 0.29) is 17.3 Å². The number of furan rings is 1. The van der Waals surface area contributed by atoms with Gasteiger partial charge in [-0.1, -0.05) is 13.0 Å². The molecule has 0 radical (unpaired) electrons. The normalized spacial score (nSPS) is 11.2. The highest BCUT2D eigenvalue weighted by molar-refractivity contribution is 7.89. The van der Waals surface area contributed by atoms with Crippen LogP contribution in [-0.4, -0.2) is 20.2 Å². The number of amides is 2. The van der Waals surface area contributed by atoms with Crippen molar-refractivity contribution in [2.75, 3.05) is 10.6 Å². The van der Waals surface area contributed by atoms with Crippen molar-refractivity contribution in [1.82, 2.24) is 4.72 Å². The van der Waals surface area contributed by atoms with E-state index in [4.69, 9.17) is 4.42 Å². The molecular weight excluding hydrogens is 418 g/mol. The molecular formula is C22H23N3O5S. The number of rotatable bonds is 8. The second-order valence-corrected chi connectivity index (χ2v) is 8.58. The van der Waals surface area contributed by atoms with E-state index in [0.717, 1.165) is 5.56 Å². The first kappa shape index (κ1) is 22.3. The smallest absolute Gasteiger partial charge is 0.255 e. The Labute approximate surface area is 180 Å². The molecule has 0 atom stereocenters. The standard InChI is InChI=1S/C22H23N3O5S/c1-3-21(26)24-17-9-6-15(2)20(13-17)25-22(27)16-7-10-19(11-8-16)31(28,29)23-14-18-5-4-12-30-18/h4-13,23H,3,14H2,1-2H3,(H,24,26)(H,25,27). The molecule has 1 aromatic heterocycles. The van der Waals surface area contributed by atoms with Crippen molar-refractivity contribution in [3.8, 4) is 0 Å². The number of hydrogen-bond donors (Lipinski definition) is 3. The molecule has 3 N–H and O–H groups in total. The highest BCUT2D eigenvalue weighted by Gasteiger charge is 2.16. The van der Waals surface area contributed by atoms with Gasteiger partial charge in [-0.15, -0.1) is 0 Å². The van der Waals surface area contributed by atoms with E-state index >= 15 is 0 Å². The van der Waals surface area contributed by atoms with Crippen LogP contribution in [0, 0.1) is 6.92 Å². The van der Waals surface area contributed by atoms with Crippen molar-refractivity contribution in [3.05, 3.63) is 77.7 Å². The van der Waals surface area contributed by atoms with Crippen molar-refractivity contribution < 1.29 is 22.4 Å². The molecule has 9 heteroatoms. The second kappa shape index (κ2) is 9.59. The third kappa shape index (κ3) is 5.80. The van der Waals surface area contributed by atoms with Gasteiger partial charge in [-0.25, -0.2) is 13.1 Å². The Morgan fingerprint density at radius 3 is 2.39 bits per heavy atom. The fraction of sp³-hybridized carbons (Fsp3) is 0.182. The SMILES string of the molecule is CCC(=O)Nc1ccc(C)c(NC(=O)c2ccc(S(=O)(=O)NCc3ccco3)cc2)c1. The van der Waals surface area contributed by atoms with E-state index in [1.807, 2.05) is 6.92 Å². The Hall–Kier alpha value is -3.43. The molecule has 3 rings (SSSR count). The van der Waals surface area contributed by atoms with Crippen LogP contribution in [0.1, 0.15) is 35.0 Å². The summed E-state index contributed by atoms with van der Waals surface area (Å²) in [4.78, 5) is 24.2. The van der Waals surface area contributed by atoms with E-state index in [1.54, 1.807) is 37.3 Å². The van der Waals surface area contributed by atoms with Crippen LogP contribution >= 0.6 is 0 Å². The zero-order chi connectivity index (χ0) is 22.4. The van der Waals surface area contributed by atoms with Gasteiger partial charge in [0.25, 0.3) is 5.91 Å². The van der Waals surface area contributed by atoms with Crippen molar-refractivity contribution in [1.29, 1.82) is 0 Å². The zero-order valence-corrected chi connectivity index (χ0v) is 18.0. The maximum absolute atomic E-state index is 12.6. The quantitative estimate of drug-likeness (QED) is 0.493. The number of hydrogen-bond acceptors (Lipinski definition) is 5. The Morgan fingerprint density at radius 2 is 1.74 bits per heavy atom. The van der Waals surface area contributed by atoms with Gasteiger partial charge in [0.1, 0.15) is 5.76 Å². The molecule has 0 saturated heterocycles. The van der Waals surface area contributed by atoms with Crippen LogP contribution in [0.4, 0.5) is 11.4 Å². The summed E-state index contributed by atoms with van der Waals surface area (Å²) < 4.78 is 32.4. The molecule has 0 aliphatic carbocycles. The van der Waals surface area contributed by atoms with Gasteiger partial charge in [0.15, 0.2) is 0 Å². The van der Waals surface area contributed by atoms with Gasteiger partial charge in [0, 0.05) is 23.4 Å². The number of carbonyl (C=O) groups is 2. The van der Waals surface area contributed by atoms with Crippen molar-refractivity contribution in [2.24, 2.45) is 0 Å². The molecule has 0 bridgehead atoms. The van der Waals surface area contributed by atoms with Crippen LogP contribution in [0.15, 0.2) is 70.2 Å². The third-order valence-corrected chi connectivity index (χ3v) is 5.95. The minimum absolute atomic E-state index is 0.0295. The first-order valence-electron chi connectivity index (χ1n) is 9.62. The van der Waals surface area contributed by atoms with Gasteiger partial charge in [-0.3, -0.25) is 9.59 Å². The lowest BCUT2D eigenvalue weighted by atomic mass is 10.1. The molecule has 0 unspecified atom stereocenters. The van der Waals surface area contributed by atoms with Gasteiger partial charge in [0.05, 0.1) is 17.7 Å². The lowest BCUT2D eigenvalue weighted by Gasteiger charge is -2.12. The molecule has 162 valence electrons. The average Bonchev–Trinajstić information content (AvgIpc) is 3.28. The molecule has 8 nitrogen and oxygen atoms in total. The summed E-state index contributed by atoms with van der Waals surface area (Å²) in [6.45, 7) is 3.62. The summed E-state index contributed by atoms with van der Waals surface area (Å²) in [7, 11) is -3.75. The van der Waals surface area contributed by atoms with Gasteiger partial charge in [-0.2, -0.15) is 0 Å². The fourth-order valence-electron chi connectivity index (χ4n) is 2.73. The molecule has 2 amide bonds. The minimum Gasteiger partial charge on any atom is -0.468 e. The van der Waals surface area contributed by atoms with Crippen LogP contribution in [0.3, 0.4) is 0 Å². The Bertz CT molecular complexity index is 1170. The number of nitrogens with one attached hydrogen (secondary N) is 3. The number of sulfonamides is 1. The summed E-state index contributed by atoms with van der Waals surface area (Å²) in [5.41, 5.74) is 2.25. The maximum Gasteiger partial charge on any atom is 0.255 e. The van der Waals surface area contributed by atoms with Crippen LogP contribution in [0.25, 0.3) is 0 Å². The van der Waals surface area contributed by atoms with E-state index in [1.165, 1.54) is 30.5 Å². The number of benzene rings is 2. The van der Waals surface area contributed by atoms with Gasteiger partial charge in [-0.05, 0) is 61.0 Å². The molecule has 0 aliphatic rings. The van der Waals surface area contributed by atoms with E-state index in [9.17, 15) is 18.0 Å². The second-order valence-electron chi connectivity index (χ2n) is 6.81. The lowest BCUT2D eigenvalue weighted by molar-refractivity contribution is -0.115. The van der Waals surface area contributed by atoms with E-state index < -0.39 is 15.9 Å². The first-order valence-corrected chi connectivity index (χ1v) is 11.1. The number of carbonyl (C=O) groups excluding carboxylic acids is 2. The van der Waals surface area contributed by atoms with Crippen LogP contribution in [0.5, 0.6) is 0 Å². The molecule has 3 aromatic rings. The van der Waals surface area contributed by atoms with Gasteiger partial charge < -0.3 is 15.1 Å². The van der Waals surface area contributed by atoms with Crippen molar-refractivity contribution in [2.45, 2.75) is 31.7 Å². The van der Waals surface area contributed by atoms with E-state index in [0.29, 0.717) is 29.1 Å². The van der Waals surface area contributed by atoms with Gasteiger partial charge in [0.2, 0.25) is 15.9 Å². The number of aryl methyl sites for hydroxylation is 1. The summed E-state index contributed by atoms with van der Waals surface area (Å²) in [6, 6.07) is 14.2. The predicted molar refractivity (Wildman–Crippen MR) is 117 cm³/mol. The Kier molecular flexibility index (Phi) is 6.88. The molecule has 0 fully saturated rings. The monoisotopic (exact) mass is 441 g/mol. The average molecular weight is 442 g/mol. The molecule has 0 saturated carbocycles. The highest BCUT2D eigenvalue weighted by atomic mass is 32.2. The largest absolute Gasteiger partial charge is 0.468 e. The predicted octanol–water partition coefficient (Wildman–Crippen LogP) is 3.67. The van der Waals surface area contributed by atoms with E-state index in [2.05, 4.69) is 15.4 Å².